The first kappa shape index (κ1) is 13.4. The van der Waals surface area contributed by atoms with Crippen molar-refractivity contribution in [3.8, 4) is 0 Å². The van der Waals surface area contributed by atoms with Gasteiger partial charge in [-0.05, 0) is 37.5 Å². The van der Waals surface area contributed by atoms with Crippen molar-refractivity contribution in [3.05, 3.63) is 29.6 Å². The number of carbonyl (C=O) groups is 1. The van der Waals surface area contributed by atoms with Gasteiger partial charge in [0.1, 0.15) is 11.9 Å². The molecule has 2 N–H and O–H groups in total. The quantitative estimate of drug-likeness (QED) is 0.668. The Balaban J connectivity index is 1.66. The molecule has 1 heterocycles. The van der Waals surface area contributed by atoms with Crippen molar-refractivity contribution in [2.45, 2.75) is 43.8 Å². The minimum Gasteiger partial charge on any atom is -0.459 e. The molecule has 1 aromatic carbocycles. The third-order valence-electron chi connectivity index (χ3n) is 4.14. The first-order chi connectivity index (χ1) is 9.56. The van der Waals surface area contributed by atoms with E-state index in [1.54, 1.807) is 0 Å². The van der Waals surface area contributed by atoms with Crippen LogP contribution in [0.25, 0.3) is 0 Å². The molecule has 2 aliphatic rings. The lowest BCUT2D eigenvalue weighted by Crippen LogP contribution is -2.48. The lowest BCUT2D eigenvalue weighted by Gasteiger charge is -2.46. The van der Waals surface area contributed by atoms with Gasteiger partial charge in [-0.25, -0.2) is 9.18 Å². The van der Waals surface area contributed by atoms with E-state index >= 15 is 0 Å². The van der Waals surface area contributed by atoms with Crippen LogP contribution >= 0.6 is 0 Å². The molecule has 5 heteroatoms. The molecule has 0 bridgehead atoms. The van der Waals surface area contributed by atoms with E-state index in [1.807, 2.05) is 0 Å². The summed E-state index contributed by atoms with van der Waals surface area (Å²) in [6.45, 7) is 0.614. The van der Waals surface area contributed by atoms with Gasteiger partial charge in [0.2, 0.25) is 0 Å². The van der Waals surface area contributed by atoms with Crippen molar-refractivity contribution in [1.82, 2.24) is 0 Å². The normalized spacial score (nSPS) is 24.1. The van der Waals surface area contributed by atoms with Crippen molar-refractivity contribution in [1.29, 1.82) is 0 Å². The van der Waals surface area contributed by atoms with E-state index < -0.39 is 11.8 Å². The minimum absolute atomic E-state index is 0.0792. The fourth-order valence-corrected chi connectivity index (χ4v) is 2.95. The highest BCUT2D eigenvalue weighted by molar-refractivity contribution is 5.90. The van der Waals surface area contributed by atoms with Crippen LogP contribution in [-0.4, -0.2) is 24.3 Å². The zero-order valence-electron chi connectivity index (χ0n) is 11.2. The fraction of sp³-hybridized carbons (Fsp3) is 0.533. The monoisotopic (exact) mass is 279 g/mol. The van der Waals surface area contributed by atoms with Crippen molar-refractivity contribution < 1.29 is 18.7 Å². The second-order valence-corrected chi connectivity index (χ2v) is 5.68. The summed E-state index contributed by atoms with van der Waals surface area (Å²) < 4.78 is 24.5. The second-order valence-electron chi connectivity index (χ2n) is 5.68. The number of ether oxygens (including phenoxy) is 2. The summed E-state index contributed by atoms with van der Waals surface area (Å²) in [7, 11) is 0. The van der Waals surface area contributed by atoms with Gasteiger partial charge in [0.25, 0.3) is 0 Å². The number of nitrogen functional groups attached to an aromatic ring is 1. The van der Waals surface area contributed by atoms with E-state index in [1.165, 1.54) is 18.6 Å². The van der Waals surface area contributed by atoms with E-state index in [2.05, 4.69) is 0 Å². The Morgan fingerprint density at radius 2 is 2.20 bits per heavy atom. The lowest BCUT2D eigenvalue weighted by molar-refractivity contribution is -0.159. The molecule has 1 aromatic rings. The number of hydrogen-bond acceptors (Lipinski definition) is 4. The van der Waals surface area contributed by atoms with E-state index in [-0.39, 0.29) is 23.0 Å². The first-order valence-electron chi connectivity index (χ1n) is 6.97. The molecule has 2 fully saturated rings. The van der Waals surface area contributed by atoms with E-state index in [0.717, 1.165) is 25.3 Å². The molecule has 3 rings (SSSR count). The maximum atomic E-state index is 13.2. The standard InChI is InChI=1S/C15H18FNO3/c16-11-6-10(7-12(17)8-11)14(18)20-13-2-5-19-15(9-13)3-1-4-15/h6-8,13H,1-5,9,17H2. The summed E-state index contributed by atoms with van der Waals surface area (Å²) in [4.78, 5) is 12.0. The molecule has 4 nitrogen and oxygen atoms in total. The van der Waals surface area contributed by atoms with Crippen molar-refractivity contribution >= 4 is 11.7 Å². The van der Waals surface area contributed by atoms with Gasteiger partial charge in [0, 0.05) is 18.5 Å². The molecule has 1 spiro atoms. The summed E-state index contributed by atoms with van der Waals surface area (Å²) in [5.74, 6) is -1.04. The van der Waals surface area contributed by atoms with Gasteiger partial charge in [0.05, 0.1) is 17.8 Å². The average Bonchev–Trinajstić information content (AvgIpc) is 2.36. The predicted molar refractivity (Wildman–Crippen MR) is 71.8 cm³/mol. The number of esters is 1. The average molecular weight is 279 g/mol. The number of halogens is 1. The van der Waals surface area contributed by atoms with E-state index in [9.17, 15) is 9.18 Å². The van der Waals surface area contributed by atoms with Crippen molar-refractivity contribution in [2.24, 2.45) is 0 Å². The fourth-order valence-electron chi connectivity index (χ4n) is 2.95. The number of carbonyl (C=O) groups excluding carboxylic acids is 1. The Labute approximate surface area is 117 Å². The summed E-state index contributed by atoms with van der Waals surface area (Å²) in [5, 5.41) is 0. The molecule has 1 unspecified atom stereocenters. The highest BCUT2D eigenvalue weighted by Crippen LogP contribution is 2.43. The van der Waals surface area contributed by atoms with Crippen LogP contribution < -0.4 is 5.73 Å². The highest BCUT2D eigenvalue weighted by Gasteiger charge is 2.43. The van der Waals surface area contributed by atoms with Crippen LogP contribution in [0.1, 0.15) is 42.5 Å². The van der Waals surface area contributed by atoms with Crippen LogP contribution in [0.4, 0.5) is 10.1 Å². The molecule has 1 aliphatic heterocycles. The predicted octanol–water partition coefficient (Wildman–Crippen LogP) is 2.67. The van der Waals surface area contributed by atoms with Crippen molar-refractivity contribution in [3.63, 3.8) is 0 Å². The van der Waals surface area contributed by atoms with E-state index in [0.29, 0.717) is 13.0 Å². The van der Waals surface area contributed by atoms with Gasteiger partial charge in [-0.1, -0.05) is 0 Å². The molecule has 0 aromatic heterocycles. The SMILES string of the molecule is Nc1cc(F)cc(C(=O)OC2CCOC3(CCC3)C2)c1. The Morgan fingerprint density at radius 1 is 1.40 bits per heavy atom. The summed E-state index contributed by atoms with van der Waals surface area (Å²) >= 11 is 0. The Bertz CT molecular complexity index is 508. The number of anilines is 1. The molecule has 1 saturated heterocycles. The lowest BCUT2D eigenvalue weighted by atomic mass is 9.74. The van der Waals surface area contributed by atoms with Crippen LogP contribution in [0.2, 0.25) is 0 Å². The first-order valence-corrected chi connectivity index (χ1v) is 6.97. The molecule has 1 saturated carbocycles. The molecule has 20 heavy (non-hydrogen) atoms. The van der Waals surface area contributed by atoms with Gasteiger partial charge in [-0.2, -0.15) is 0 Å². The summed E-state index contributed by atoms with van der Waals surface area (Å²) in [5.41, 5.74) is 5.84. The minimum atomic E-state index is -0.528. The highest BCUT2D eigenvalue weighted by atomic mass is 19.1. The van der Waals surface area contributed by atoms with Crippen LogP contribution in [0.3, 0.4) is 0 Å². The summed E-state index contributed by atoms with van der Waals surface area (Å²) in [6, 6.07) is 3.76. The van der Waals surface area contributed by atoms with Crippen LogP contribution in [0.15, 0.2) is 18.2 Å². The number of hydrogen-bond donors (Lipinski definition) is 1. The zero-order valence-corrected chi connectivity index (χ0v) is 11.2. The van der Waals surface area contributed by atoms with Gasteiger partial charge < -0.3 is 15.2 Å². The molecular formula is C15H18FNO3. The Morgan fingerprint density at radius 3 is 2.85 bits per heavy atom. The molecule has 0 radical (unpaired) electrons. The van der Waals surface area contributed by atoms with Gasteiger partial charge in [0.15, 0.2) is 0 Å². The molecule has 1 aliphatic carbocycles. The topological polar surface area (TPSA) is 61.6 Å². The smallest absolute Gasteiger partial charge is 0.338 e. The molecule has 0 amide bonds. The largest absolute Gasteiger partial charge is 0.459 e. The van der Waals surface area contributed by atoms with Crippen LogP contribution in [0.5, 0.6) is 0 Å². The number of nitrogens with two attached hydrogens (primary N) is 1. The molecule has 108 valence electrons. The maximum absolute atomic E-state index is 13.2. The number of benzene rings is 1. The maximum Gasteiger partial charge on any atom is 0.338 e. The van der Waals surface area contributed by atoms with Gasteiger partial charge in [-0.15, -0.1) is 0 Å². The van der Waals surface area contributed by atoms with Crippen LogP contribution in [0, 0.1) is 5.82 Å². The third-order valence-corrected chi connectivity index (χ3v) is 4.14. The Hall–Kier alpha value is -1.62. The Kier molecular flexibility index (Phi) is 3.38. The second kappa shape index (κ2) is 5.05. The number of rotatable bonds is 2. The third kappa shape index (κ3) is 2.63. The zero-order chi connectivity index (χ0) is 14.2. The van der Waals surface area contributed by atoms with Crippen LogP contribution in [-0.2, 0) is 9.47 Å². The van der Waals surface area contributed by atoms with E-state index in [4.69, 9.17) is 15.2 Å². The molecule has 1 atom stereocenters. The van der Waals surface area contributed by atoms with Gasteiger partial charge in [-0.3, -0.25) is 0 Å². The van der Waals surface area contributed by atoms with Gasteiger partial charge >= 0.3 is 5.97 Å². The summed E-state index contributed by atoms with van der Waals surface area (Å²) in [6.07, 6.45) is 4.52. The van der Waals surface area contributed by atoms with Crippen molar-refractivity contribution in [2.75, 3.05) is 12.3 Å². The molecular weight excluding hydrogens is 261 g/mol.